The average Bonchev–Trinajstić information content (AvgIpc) is 3.48. The van der Waals surface area contributed by atoms with E-state index in [0.29, 0.717) is 31.5 Å². The van der Waals surface area contributed by atoms with Gasteiger partial charge in [0.25, 0.3) is 0 Å². The summed E-state index contributed by atoms with van der Waals surface area (Å²) in [6, 6.07) is -2.18. The molecule has 13 heteroatoms. The Balaban J connectivity index is 0.000000614. The molecular weight excluding hydrogens is 410 g/mol. The summed E-state index contributed by atoms with van der Waals surface area (Å²) in [6.07, 6.45) is 5.13. The summed E-state index contributed by atoms with van der Waals surface area (Å²) in [5.41, 5.74) is 10.6. The minimum absolute atomic E-state index is 0.185. The van der Waals surface area contributed by atoms with Crippen LogP contribution in [0.15, 0.2) is 12.5 Å². The van der Waals surface area contributed by atoms with Crippen molar-refractivity contribution in [2.24, 2.45) is 11.5 Å². The maximum Gasteiger partial charge on any atom is 0.317 e. The Bertz CT molecular complexity index is 812. The maximum absolute atomic E-state index is 13.0. The number of primary amides is 1. The monoisotopic (exact) mass is 437 g/mol. The standard InChI is InChI=1S/C16H22N6O4.C2H5NO2/c17-14(24)12-2-1-5-22(12)16(26)11(6-9-7-18-8-19-9)21-15(25)10-3-4-13(23)20-10;3-1-2(4)5/h7-8,10-12H,1-6H2,(H2,17,24)(H,18,19)(H,20,23)(H,21,25);1,3H2,(H,4,5)/t10-,11-,12-;/m0./s1. The van der Waals surface area contributed by atoms with E-state index < -0.39 is 35.9 Å². The number of carboxylic acid groups (broad SMARTS) is 1. The Morgan fingerprint density at radius 3 is 2.55 bits per heavy atom. The second kappa shape index (κ2) is 11.1. The molecule has 1 aromatic rings. The molecule has 2 saturated heterocycles. The lowest BCUT2D eigenvalue weighted by Gasteiger charge is -2.28. The van der Waals surface area contributed by atoms with Crippen molar-refractivity contribution in [1.29, 1.82) is 0 Å². The first-order chi connectivity index (χ1) is 14.7. The van der Waals surface area contributed by atoms with Gasteiger partial charge < -0.3 is 37.1 Å². The van der Waals surface area contributed by atoms with Crippen molar-refractivity contribution < 1.29 is 29.1 Å². The van der Waals surface area contributed by atoms with E-state index in [1.165, 1.54) is 11.2 Å². The number of H-pyrrole nitrogens is 1. The molecule has 3 heterocycles. The first kappa shape index (κ1) is 23.8. The minimum atomic E-state index is -0.968. The van der Waals surface area contributed by atoms with E-state index in [2.05, 4.69) is 26.3 Å². The molecule has 0 spiro atoms. The maximum atomic E-state index is 13.0. The first-order valence-electron chi connectivity index (χ1n) is 9.81. The van der Waals surface area contributed by atoms with E-state index in [1.54, 1.807) is 6.20 Å². The van der Waals surface area contributed by atoms with Crippen molar-refractivity contribution in [2.75, 3.05) is 13.1 Å². The van der Waals surface area contributed by atoms with Gasteiger partial charge in [-0.3, -0.25) is 24.0 Å². The van der Waals surface area contributed by atoms with Crippen LogP contribution in [0.1, 0.15) is 31.4 Å². The Morgan fingerprint density at radius 1 is 1.32 bits per heavy atom. The molecule has 3 atom stereocenters. The van der Waals surface area contributed by atoms with Gasteiger partial charge in [0.05, 0.1) is 12.9 Å². The number of nitrogens with one attached hydrogen (secondary N) is 3. The summed E-state index contributed by atoms with van der Waals surface area (Å²) < 4.78 is 0. The third kappa shape index (κ3) is 6.77. The molecule has 0 saturated carbocycles. The van der Waals surface area contributed by atoms with Crippen LogP contribution in [-0.4, -0.2) is 80.8 Å². The molecule has 0 bridgehead atoms. The van der Waals surface area contributed by atoms with Crippen molar-refractivity contribution in [3.63, 3.8) is 0 Å². The van der Waals surface area contributed by atoms with Crippen LogP contribution < -0.4 is 22.1 Å². The van der Waals surface area contributed by atoms with Crippen molar-refractivity contribution in [1.82, 2.24) is 25.5 Å². The summed E-state index contributed by atoms with van der Waals surface area (Å²) >= 11 is 0. The summed E-state index contributed by atoms with van der Waals surface area (Å²) in [7, 11) is 0. The number of rotatable bonds is 7. The molecule has 1 aromatic heterocycles. The summed E-state index contributed by atoms with van der Waals surface area (Å²) in [5.74, 6) is -2.48. The molecule has 13 nitrogen and oxygen atoms in total. The van der Waals surface area contributed by atoms with Gasteiger partial charge in [-0.1, -0.05) is 0 Å². The van der Waals surface area contributed by atoms with Gasteiger partial charge in [0.2, 0.25) is 23.6 Å². The van der Waals surface area contributed by atoms with Gasteiger partial charge in [0.1, 0.15) is 18.1 Å². The number of nitrogens with zero attached hydrogens (tertiary/aromatic N) is 2. The largest absolute Gasteiger partial charge is 0.480 e. The van der Waals surface area contributed by atoms with Gasteiger partial charge in [-0.05, 0) is 19.3 Å². The van der Waals surface area contributed by atoms with Crippen LogP contribution in [0.4, 0.5) is 0 Å². The predicted octanol–water partition coefficient (Wildman–Crippen LogP) is -2.78. The molecule has 2 fully saturated rings. The Labute approximate surface area is 177 Å². The average molecular weight is 437 g/mol. The van der Waals surface area contributed by atoms with Gasteiger partial charge in [0, 0.05) is 31.3 Å². The molecule has 0 unspecified atom stereocenters. The third-order valence-corrected chi connectivity index (χ3v) is 4.94. The van der Waals surface area contributed by atoms with E-state index in [0.717, 1.165) is 0 Å². The highest BCUT2D eigenvalue weighted by molar-refractivity contribution is 5.95. The molecule has 0 aromatic carbocycles. The topological polar surface area (TPSA) is 214 Å². The van der Waals surface area contributed by atoms with Crippen molar-refractivity contribution >= 4 is 29.6 Å². The highest BCUT2D eigenvalue weighted by Gasteiger charge is 2.38. The zero-order chi connectivity index (χ0) is 23.0. The van der Waals surface area contributed by atoms with Crippen molar-refractivity contribution in [2.45, 2.75) is 50.2 Å². The molecule has 8 N–H and O–H groups in total. The minimum Gasteiger partial charge on any atom is -0.480 e. The van der Waals surface area contributed by atoms with Gasteiger partial charge in [-0.2, -0.15) is 0 Å². The molecule has 0 radical (unpaired) electrons. The number of nitrogens with two attached hydrogens (primary N) is 2. The normalized spacial score (nSPS) is 20.9. The number of carboxylic acids is 1. The molecule has 2 aliphatic heterocycles. The van der Waals surface area contributed by atoms with Crippen molar-refractivity contribution in [3.8, 4) is 0 Å². The SMILES string of the molecule is NC(=O)[C@@H]1CCCN1C(=O)[C@H](Cc1cnc[nH]1)NC(=O)[C@@H]1CCC(=O)N1.NCC(=O)O. The zero-order valence-electron chi connectivity index (χ0n) is 16.9. The number of hydrogen-bond donors (Lipinski definition) is 6. The number of imidazole rings is 1. The Hall–Kier alpha value is -3.48. The van der Waals surface area contributed by atoms with Crippen LogP contribution >= 0.6 is 0 Å². The van der Waals surface area contributed by atoms with E-state index in [-0.39, 0.29) is 31.2 Å². The summed E-state index contributed by atoms with van der Waals surface area (Å²) in [4.78, 5) is 65.9. The number of amides is 4. The van der Waals surface area contributed by atoms with E-state index in [9.17, 15) is 24.0 Å². The quantitative estimate of drug-likeness (QED) is 0.262. The first-order valence-corrected chi connectivity index (χ1v) is 9.81. The smallest absolute Gasteiger partial charge is 0.317 e. The number of aromatic amines is 1. The van der Waals surface area contributed by atoms with Crippen LogP contribution in [0.25, 0.3) is 0 Å². The van der Waals surface area contributed by atoms with Crippen LogP contribution in [-0.2, 0) is 30.4 Å². The molecular formula is C18H27N7O6. The lowest BCUT2D eigenvalue weighted by Crippen LogP contribution is -2.56. The number of carbonyl (C=O) groups excluding carboxylic acids is 4. The highest BCUT2D eigenvalue weighted by atomic mass is 16.4. The predicted molar refractivity (Wildman–Crippen MR) is 106 cm³/mol. The lowest BCUT2D eigenvalue weighted by atomic mass is 10.1. The number of aliphatic carboxylic acids is 1. The van der Waals surface area contributed by atoms with Gasteiger partial charge in [0.15, 0.2) is 0 Å². The highest BCUT2D eigenvalue weighted by Crippen LogP contribution is 2.19. The number of carbonyl (C=O) groups is 5. The molecule has 31 heavy (non-hydrogen) atoms. The zero-order valence-corrected chi connectivity index (χ0v) is 16.9. The van der Waals surface area contributed by atoms with Crippen LogP contribution in [0.3, 0.4) is 0 Å². The van der Waals surface area contributed by atoms with Gasteiger partial charge in [-0.15, -0.1) is 0 Å². The summed E-state index contributed by atoms with van der Waals surface area (Å²) in [6.45, 7) is 0.141. The van der Waals surface area contributed by atoms with E-state index in [1.807, 2.05) is 0 Å². The molecule has 2 aliphatic rings. The van der Waals surface area contributed by atoms with Crippen molar-refractivity contribution in [3.05, 3.63) is 18.2 Å². The fraction of sp³-hybridized carbons (Fsp3) is 0.556. The van der Waals surface area contributed by atoms with E-state index >= 15 is 0 Å². The lowest BCUT2D eigenvalue weighted by molar-refractivity contribution is -0.140. The van der Waals surface area contributed by atoms with Gasteiger partial charge >= 0.3 is 5.97 Å². The number of hydrogen-bond acceptors (Lipinski definition) is 7. The second-order valence-electron chi connectivity index (χ2n) is 7.19. The molecule has 170 valence electrons. The fourth-order valence-electron chi connectivity index (χ4n) is 3.43. The van der Waals surface area contributed by atoms with Crippen LogP contribution in [0.2, 0.25) is 0 Å². The molecule has 0 aliphatic carbocycles. The third-order valence-electron chi connectivity index (χ3n) is 4.94. The molecule has 3 rings (SSSR count). The second-order valence-corrected chi connectivity index (χ2v) is 7.19. The Morgan fingerprint density at radius 2 is 2.03 bits per heavy atom. The molecule has 4 amide bonds. The van der Waals surface area contributed by atoms with E-state index in [4.69, 9.17) is 10.8 Å². The number of likely N-dealkylation sites (tertiary alicyclic amines) is 1. The number of aromatic nitrogens is 2. The fourth-order valence-corrected chi connectivity index (χ4v) is 3.43. The van der Waals surface area contributed by atoms with Crippen LogP contribution in [0.5, 0.6) is 0 Å². The Kier molecular flexibility index (Phi) is 8.49. The van der Waals surface area contributed by atoms with Gasteiger partial charge in [-0.25, -0.2) is 4.98 Å². The summed E-state index contributed by atoms with van der Waals surface area (Å²) in [5, 5.41) is 12.9. The van der Waals surface area contributed by atoms with Crippen LogP contribution in [0, 0.1) is 0 Å².